The molecule has 1 aromatic rings. The van der Waals surface area contributed by atoms with Crippen LogP contribution in [0.5, 0.6) is 0 Å². The van der Waals surface area contributed by atoms with E-state index >= 15 is 0 Å². The lowest BCUT2D eigenvalue weighted by Crippen LogP contribution is -2.20. The molecular weight excluding hydrogens is 196 g/mol. The molecule has 0 aliphatic heterocycles. The van der Waals surface area contributed by atoms with E-state index < -0.39 is 0 Å². The normalized spacial score (nSPS) is 14.1. The molecule has 88 valence electrons. The summed E-state index contributed by atoms with van der Waals surface area (Å²) >= 11 is 0. The van der Waals surface area contributed by atoms with Crippen molar-refractivity contribution >= 4 is 0 Å². The molecule has 0 amide bonds. The average Bonchev–Trinajstić information content (AvgIpc) is 2.76. The Labute approximate surface area is 98.2 Å². The summed E-state index contributed by atoms with van der Waals surface area (Å²) in [5, 5.41) is 3.42. The van der Waals surface area contributed by atoms with Gasteiger partial charge in [-0.15, -0.1) is 0 Å². The van der Waals surface area contributed by atoms with E-state index in [9.17, 15) is 0 Å². The van der Waals surface area contributed by atoms with Crippen molar-refractivity contribution in [3.63, 3.8) is 0 Å². The first-order valence-electron chi connectivity index (χ1n) is 6.41. The molecule has 3 N–H and O–H groups in total. The van der Waals surface area contributed by atoms with Gasteiger partial charge in [0.1, 0.15) is 0 Å². The fourth-order valence-electron chi connectivity index (χ4n) is 2.37. The molecule has 0 unspecified atom stereocenters. The molecule has 0 bridgehead atoms. The van der Waals surface area contributed by atoms with Crippen LogP contribution in [0.25, 0.3) is 0 Å². The summed E-state index contributed by atoms with van der Waals surface area (Å²) in [6, 6.07) is 7.00. The highest BCUT2D eigenvalue weighted by atomic mass is 14.8. The Hall–Kier alpha value is -0.860. The fraction of sp³-hybridized carbons (Fsp3) is 0.571. The lowest BCUT2D eigenvalue weighted by Gasteiger charge is -2.06. The molecule has 2 rings (SSSR count). The molecule has 0 saturated heterocycles. The molecule has 0 heterocycles. The standard InChI is InChI=1S/C14H22N2/c15-8-2-9-16-10-7-12-5-6-13-3-1-4-14(13)11-12/h5-6,11,16H,1-4,7-10,15H2. The van der Waals surface area contributed by atoms with Crippen LogP contribution in [0.2, 0.25) is 0 Å². The van der Waals surface area contributed by atoms with Crippen molar-refractivity contribution < 1.29 is 0 Å². The van der Waals surface area contributed by atoms with Crippen molar-refractivity contribution in [3.8, 4) is 0 Å². The SMILES string of the molecule is NCCCNCCc1ccc2c(c1)CCC2. The van der Waals surface area contributed by atoms with Crippen LogP contribution in [-0.4, -0.2) is 19.6 Å². The van der Waals surface area contributed by atoms with Gasteiger partial charge in [-0.2, -0.15) is 0 Å². The molecule has 2 nitrogen and oxygen atoms in total. The summed E-state index contributed by atoms with van der Waals surface area (Å²) < 4.78 is 0. The molecule has 0 atom stereocenters. The van der Waals surface area contributed by atoms with Gasteiger partial charge in [0.25, 0.3) is 0 Å². The minimum Gasteiger partial charge on any atom is -0.330 e. The number of hydrogen-bond donors (Lipinski definition) is 2. The number of aryl methyl sites for hydroxylation is 2. The molecule has 0 radical (unpaired) electrons. The Balaban J connectivity index is 1.77. The third-order valence-electron chi connectivity index (χ3n) is 3.31. The Kier molecular flexibility index (Phi) is 4.37. The summed E-state index contributed by atoms with van der Waals surface area (Å²) in [5.74, 6) is 0. The van der Waals surface area contributed by atoms with Crippen LogP contribution in [-0.2, 0) is 19.3 Å². The van der Waals surface area contributed by atoms with Crippen LogP contribution in [0.4, 0.5) is 0 Å². The predicted molar refractivity (Wildman–Crippen MR) is 68.7 cm³/mol. The maximum atomic E-state index is 5.44. The topological polar surface area (TPSA) is 38.0 Å². The molecule has 0 aromatic heterocycles. The highest BCUT2D eigenvalue weighted by Gasteiger charge is 2.10. The van der Waals surface area contributed by atoms with Crippen LogP contribution in [0.3, 0.4) is 0 Å². The quantitative estimate of drug-likeness (QED) is 0.713. The minimum absolute atomic E-state index is 0.784. The van der Waals surface area contributed by atoms with Gasteiger partial charge in [0, 0.05) is 0 Å². The average molecular weight is 218 g/mol. The van der Waals surface area contributed by atoms with Crippen LogP contribution < -0.4 is 11.1 Å². The van der Waals surface area contributed by atoms with Gasteiger partial charge in [0.2, 0.25) is 0 Å². The summed E-state index contributed by atoms with van der Waals surface area (Å²) in [6.45, 7) is 2.89. The van der Waals surface area contributed by atoms with Crippen molar-refractivity contribution in [2.75, 3.05) is 19.6 Å². The van der Waals surface area contributed by atoms with Gasteiger partial charge in [-0.05, 0) is 68.4 Å². The fourth-order valence-corrected chi connectivity index (χ4v) is 2.37. The van der Waals surface area contributed by atoms with E-state index in [2.05, 4.69) is 23.5 Å². The number of hydrogen-bond acceptors (Lipinski definition) is 2. The minimum atomic E-state index is 0.784. The Bertz CT molecular complexity index is 334. The molecule has 2 heteroatoms. The molecule has 0 fully saturated rings. The van der Waals surface area contributed by atoms with Crippen molar-refractivity contribution in [2.24, 2.45) is 5.73 Å². The number of nitrogens with one attached hydrogen (secondary N) is 1. The van der Waals surface area contributed by atoms with Gasteiger partial charge in [-0.25, -0.2) is 0 Å². The maximum Gasteiger partial charge on any atom is -0.000834 e. The number of rotatable bonds is 6. The molecule has 1 aliphatic rings. The zero-order valence-electron chi connectivity index (χ0n) is 9.97. The van der Waals surface area contributed by atoms with E-state index in [4.69, 9.17) is 5.73 Å². The van der Waals surface area contributed by atoms with E-state index in [1.807, 2.05) is 0 Å². The lowest BCUT2D eigenvalue weighted by molar-refractivity contribution is 0.653. The third-order valence-corrected chi connectivity index (χ3v) is 3.31. The van der Waals surface area contributed by atoms with E-state index in [1.165, 1.54) is 24.8 Å². The number of benzene rings is 1. The second-order valence-electron chi connectivity index (χ2n) is 4.60. The van der Waals surface area contributed by atoms with Gasteiger partial charge in [-0.1, -0.05) is 18.2 Å². The lowest BCUT2D eigenvalue weighted by atomic mass is 10.0. The second kappa shape index (κ2) is 6.02. The van der Waals surface area contributed by atoms with Gasteiger partial charge in [0.15, 0.2) is 0 Å². The Morgan fingerprint density at radius 2 is 2.00 bits per heavy atom. The first kappa shape index (κ1) is 11.6. The van der Waals surface area contributed by atoms with E-state index in [0.29, 0.717) is 0 Å². The Morgan fingerprint density at radius 3 is 2.88 bits per heavy atom. The van der Waals surface area contributed by atoms with Crippen LogP contribution in [0.1, 0.15) is 29.5 Å². The Morgan fingerprint density at radius 1 is 1.12 bits per heavy atom. The molecule has 0 spiro atoms. The predicted octanol–water partition coefficient (Wildman–Crippen LogP) is 1.66. The number of fused-ring (bicyclic) bond motifs is 1. The van der Waals surface area contributed by atoms with E-state index in [0.717, 1.165) is 32.5 Å². The monoisotopic (exact) mass is 218 g/mol. The molecule has 16 heavy (non-hydrogen) atoms. The van der Waals surface area contributed by atoms with Gasteiger partial charge < -0.3 is 11.1 Å². The second-order valence-corrected chi connectivity index (χ2v) is 4.60. The zero-order valence-corrected chi connectivity index (χ0v) is 9.97. The van der Waals surface area contributed by atoms with Crippen molar-refractivity contribution in [2.45, 2.75) is 32.1 Å². The smallest absolute Gasteiger partial charge is 0.000834 e. The van der Waals surface area contributed by atoms with Crippen LogP contribution in [0, 0.1) is 0 Å². The molecule has 1 aromatic carbocycles. The van der Waals surface area contributed by atoms with Crippen LogP contribution >= 0.6 is 0 Å². The van der Waals surface area contributed by atoms with Crippen molar-refractivity contribution in [1.29, 1.82) is 0 Å². The number of nitrogens with two attached hydrogens (primary N) is 1. The van der Waals surface area contributed by atoms with Crippen molar-refractivity contribution in [1.82, 2.24) is 5.32 Å². The first-order chi connectivity index (χ1) is 7.90. The van der Waals surface area contributed by atoms with Crippen molar-refractivity contribution in [3.05, 3.63) is 34.9 Å². The largest absolute Gasteiger partial charge is 0.330 e. The van der Waals surface area contributed by atoms with E-state index in [1.54, 1.807) is 11.1 Å². The molecular formula is C14H22N2. The highest BCUT2D eigenvalue weighted by Crippen LogP contribution is 2.22. The highest BCUT2D eigenvalue weighted by molar-refractivity contribution is 5.35. The first-order valence-corrected chi connectivity index (χ1v) is 6.41. The maximum absolute atomic E-state index is 5.44. The van der Waals surface area contributed by atoms with Crippen LogP contribution in [0.15, 0.2) is 18.2 Å². The summed E-state index contributed by atoms with van der Waals surface area (Å²) in [6.07, 6.45) is 6.11. The summed E-state index contributed by atoms with van der Waals surface area (Å²) in [5.41, 5.74) is 10.1. The molecule has 1 aliphatic carbocycles. The summed E-state index contributed by atoms with van der Waals surface area (Å²) in [4.78, 5) is 0. The summed E-state index contributed by atoms with van der Waals surface area (Å²) in [7, 11) is 0. The van der Waals surface area contributed by atoms with Gasteiger partial charge in [-0.3, -0.25) is 0 Å². The third kappa shape index (κ3) is 3.06. The van der Waals surface area contributed by atoms with E-state index in [-0.39, 0.29) is 0 Å². The van der Waals surface area contributed by atoms with Gasteiger partial charge >= 0.3 is 0 Å². The zero-order chi connectivity index (χ0) is 11.2. The molecule has 0 saturated carbocycles. The van der Waals surface area contributed by atoms with Gasteiger partial charge in [0.05, 0.1) is 0 Å².